The highest BCUT2D eigenvalue weighted by Gasteiger charge is 2.54. The third-order valence-electron chi connectivity index (χ3n) is 10.9. The van der Waals surface area contributed by atoms with Gasteiger partial charge in [0.25, 0.3) is 5.91 Å². The molecule has 3 aliphatic carbocycles. The van der Waals surface area contributed by atoms with E-state index in [1.165, 1.54) is 30.4 Å². The maximum absolute atomic E-state index is 13.1. The van der Waals surface area contributed by atoms with Crippen molar-refractivity contribution in [2.75, 3.05) is 26.9 Å². The molecule has 218 valence electrons. The summed E-state index contributed by atoms with van der Waals surface area (Å²) < 4.78 is 17.8. The summed E-state index contributed by atoms with van der Waals surface area (Å²) in [7, 11) is 1.60. The van der Waals surface area contributed by atoms with Crippen LogP contribution in [0.25, 0.3) is 0 Å². The van der Waals surface area contributed by atoms with E-state index in [9.17, 15) is 9.90 Å². The van der Waals surface area contributed by atoms with Crippen molar-refractivity contribution < 1.29 is 24.1 Å². The predicted molar refractivity (Wildman–Crippen MR) is 158 cm³/mol. The highest BCUT2D eigenvalue weighted by molar-refractivity contribution is 6.03. The molecule has 3 fully saturated rings. The van der Waals surface area contributed by atoms with Crippen LogP contribution < -0.4 is 14.2 Å². The summed E-state index contributed by atoms with van der Waals surface area (Å²) in [6.45, 7) is 4.14. The number of ether oxygens (including phenoxy) is 3. The van der Waals surface area contributed by atoms with Crippen LogP contribution in [0.3, 0.4) is 0 Å². The number of aryl methyl sites for hydroxylation is 1. The molecular formula is C34H42N2O5. The largest absolute Gasteiger partial charge is 0.493 e. The number of fused-ring (bicyclic) bond motifs is 7. The zero-order chi connectivity index (χ0) is 28.1. The van der Waals surface area contributed by atoms with Crippen LogP contribution in [0.15, 0.2) is 35.3 Å². The van der Waals surface area contributed by atoms with E-state index >= 15 is 0 Å². The van der Waals surface area contributed by atoms with Crippen molar-refractivity contribution in [1.29, 1.82) is 0 Å². The summed E-state index contributed by atoms with van der Waals surface area (Å²) in [5, 5.41) is 10.7. The van der Waals surface area contributed by atoms with E-state index in [0.29, 0.717) is 53.7 Å². The first-order valence-corrected chi connectivity index (χ1v) is 15.6. The topological polar surface area (TPSA) is 80.6 Å². The van der Waals surface area contributed by atoms with Gasteiger partial charge in [0.2, 0.25) is 0 Å². The number of rotatable bonds is 7. The first-order chi connectivity index (χ1) is 20.0. The molecule has 41 heavy (non-hydrogen) atoms. The van der Waals surface area contributed by atoms with Gasteiger partial charge in [0, 0.05) is 25.2 Å². The van der Waals surface area contributed by atoms with Crippen LogP contribution in [0.4, 0.5) is 5.69 Å². The van der Waals surface area contributed by atoms with E-state index < -0.39 is 0 Å². The number of aliphatic hydroxyl groups is 1. The molecule has 2 aliphatic heterocycles. The Morgan fingerprint density at radius 1 is 1.05 bits per heavy atom. The van der Waals surface area contributed by atoms with Gasteiger partial charge in [-0.05, 0) is 104 Å². The first-order valence-electron chi connectivity index (χ1n) is 15.6. The molecule has 7 nitrogen and oxygen atoms in total. The van der Waals surface area contributed by atoms with Crippen LogP contribution in [0.2, 0.25) is 0 Å². The van der Waals surface area contributed by atoms with Crippen molar-refractivity contribution in [2.24, 2.45) is 22.2 Å². The molecule has 7 heteroatoms. The SMILES string of the molecule is COc1cc2c(cc1OCCCOc1ccc3c(c1)CC[C@@H]1[C@@H]3CC[C@]3(C)[C@@H](O)CC[C@@H]13)N=C[C@@H]1CCCN1C2=O. The molecule has 0 bridgehead atoms. The van der Waals surface area contributed by atoms with Crippen LogP contribution >= 0.6 is 0 Å². The molecule has 0 aromatic heterocycles. The van der Waals surface area contributed by atoms with Gasteiger partial charge in [-0.15, -0.1) is 0 Å². The minimum Gasteiger partial charge on any atom is -0.493 e. The highest BCUT2D eigenvalue weighted by Crippen LogP contribution is 2.61. The van der Waals surface area contributed by atoms with E-state index in [4.69, 9.17) is 14.2 Å². The maximum Gasteiger partial charge on any atom is 0.256 e. The quantitative estimate of drug-likeness (QED) is 0.417. The van der Waals surface area contributed by atoms with Gasteiger partial charge < -0.3 is 24.2 Å². The zero-order valence-electron chi connectivity index (χ0n) is 24.3. The number of hydrogen-bond acceptors (Lipinski definition) is 6. The van der Waals surface area contributed by atoms with Gasteiger partial charge in [-0.2, -0.15) is 0 Å². The lowest BCUT2D eigenvalue weighted by Gasteiger charge is -2.50. The standard InChI is InChI=1S/C34H42N2O5/c1-34-13-12-25-24-9-7-23(17-21(24)6-8-26(25)28(34)10-11-32(34)37)40-15-4-16-41-31-19-29-27(18-30(31)39-2)33(38)36-14-3-5-22(36)20-35-29/h7,9,17-20,22,25-26,28,32,37H,3-6,8,10-16H2,1-2H3/t22-,25+,26+,28-,32-,34-/m0/s1. The van der Waals surface area contributed by atoms with Gasteiger partial charge in [0.1, 0.15) is 5.75 Å². The minimum absolute atomic E-state index is 0.0121. The van der Waals surface area contributed by atoms with E-state index in [1.807, 2.05) is 17.2 Å². The molecule has 6 atom stereocenters. The second-order valence-electron chi connectivity index (χ2n) is 13.0. The lowest BCUT2D eigenvalue weighted by molar-refractivity contribution is -0.0226. The van der Waals surface area contributed by atoms with E-state index in [2.05, 4.69) is 30.1 Å². The number of nitrogens with zero attached hydrogens (tertiary/aromatic N) is 2. The average Bonchev–Trinajstić information content (AvgIpc) is 3.55. The zero-order valence-corrected chi connectivity index (χ0v) is 24.3. The number of hydrogen-bond donors (Lipinski definition) is 1. The molecule has 1 saturated heterocycles. The van der Waals surface area contributed by atoms with E-state index in [1.54, 1.807) is 13.2 Å². The minimum atomic E-state index is -0.122. The smallest absolute Gasteiger partial charge is 0.256 e. The van der Waals surface area contributed by atoms with Crippen LogP contribution in [0, 0.1) is 17.3 Å². The van der Waals surface area contributed by atoms with E-state index in [-0.39, 0.29) is 23.5 Å². The van der Waals surface area contributed by atoms with Crippen molar-refractivity contribution >= 4 is 17.8 Å². The fourth-order valence-corrected chi connectivity index (χ4v) is 8.67. The Hall–Kier alpha value is -3.06. The Kier molecular flexibility index (Phi) is 6.96. The van der Waals surface area contributed by atoms with Gasteiger partial charge in [0.05, 0.1) is 43.7 Å². The van der Waals surface area contributed by atoms with Crippen molar-refractivity contribution in [3.05, 3.63) is 47.0 Å². The Balaban J connectivity index is 0.953. The van der Waals surface area contributed by atoms with Crippen LogP contribution in [0.5, 0.6) is 17.2 Å². The number of aliphatic hydroxyl groups excluding tert-OH is 1. The molecule has 1 amide bonds. The summed E-state index contributed by atoms with van der Waals surface area (Å²) in [4.78, 5) is 19.6. The van der Waals surface area contributed by atoms with E-state index in [0.717, 1.165) is 50.8 Å². The molecule has 2 aromatic rings. The summed E-state index contributed by atoms with van der Waals surface area (Å²) >= 11 is 0. The van der Waals surface area contributed by atoms with Crippen LogP contribution in [-0.2, 0) is 6.42 Å². The fraction of sp³-hybridized carbons (Fsp3) is 0.588. The average molecular weight is 559 g/mol. The number of carbonyl (C=O) groups excluding carboxylic acids is 1. The van der Waals surface area contributed by atoms with Crippen molar-refractivity contribution in [1.82, 2.24) is 4.90 Å². The molecule has 2 heterocycles. The Morgan fingerprint density at radius 3 is 2.80 bits per heavy atom. The molecule has 2 saturated carbocycles. The Morgan fingerprint density at radius 2 is 1.93 bits per heavy atom. The van der Waals surface area contributed by atoms with Crippen LogP contribution in [0.1, 0.15) is 85.7 Å². The van der Waals surface area contributed by atoms with Gasteiger partial charge >= 0.3 is 0 Å². The first kappa shape index (κ1) is 26.8. The Bertz CT molecular complexity index is 1360. The summed E-state index contributed by atoms with van der Waals surface area (Å²) in [5.41, 5.74) is 4.28. The number of methoxy groups -OCH3 is 1. The molecule has 0 radical (unpaired) electrons. The molecule has 0 spiro atoms. The molecule has 1 N–H and O–H groups in total. The number of benzene rings is 2. The second-order valence-corrected chi connectivity index (χ2v) is 13.0. The molecular weight excluding hydrogens is 516 g/mol. The van der Waals surface area contributed by atoms with Gasteiger partial charge in [0.15, 0.2) is 11.5 Å². The third-order valence-corrected chi connectivity index (χ3v) is 10.9. The number of carbonyl (C=O) groups is 1. The normalized spacial score (nSPS) is 31.4. The highest BCUT2D eigenvalue weighted by atomic mass is 16.5. The Labute approximate surface area is 242 Å². The van der Waals surface area contributed by atoms with Gasteiger partial charge in [-0.1, -0.05) is 13.0 Å². The monoisotopic (exact) mass is 558 g/mol. The second kappa shape index (κ2) is 10.6. The van der Waals surface area contributed by atoms with Gasteiger partial charge in [-0.3, -0.25) is 9.79 Å². The lowest BCUT2D eigenvalue weighted by atomic mass is 9.55. The summed E-state index contributed by atoms with van der Waals surface area (Å²) in [6.07, 6.45) is 11.3. The third kappa shape index (κ3) is 4.61. The number of amides is 1. The lowest BCUT2D eigenvalue weighted by Crippen LogP contribution is -2.43. The molecule has 5 aliphatic rings. The predicted octanol–water partition coefficient (Wildman–Crippen LogP) is 6.08. The van der Waals surface area contributed by atoms with Crippen LogP contribution in [-0.4, -0.2) is 61.1 Å². The molecule has 0 unspecified atom stereocenters. The van der Waals surface area contributed by atoms with Crippen molar-refractivity contribution in [3.8, 4) is 17.2 Å². The van der Waals surface area contributed by atoms with Crippen molar-refractivity contribution in [3.63, 3.8) is 0 Å². The van der Waals surface area contributed by atoms with Crippen molar-refractivity contribution in [2.45, 2.75) is 82.8 Å². The number of aliphatic imine (C=N–C) groups is 1. The summed E-state index contributed by atoms with van der Waals surface area (Å²) in [5.74, 6) is 4.07. The summed E-state index contributed by atoms with van der Waals surface area (Å²) in [6, 6.07) is 10.4. The molecule has 2 aromatic carbocycles. The van der Waals surface area contributed by atoms with Gasteiger partial charge in [-0.25, -0.2) is 0 Å². The maximum atomic E-state index is 13.1. The molecule has 7 rings (SSSR count). The fourth-order valence-electron chi connectivity index (χ4n) is 8.67.